The molecule has 2 bridgehead atoms. The topological polar surface area (TPSA) is 83.9 Å². The summed E-state index contributed by atoms with van der Waals surface area (Å²) in [5, 5.41) is 9.06. The molecular weight excluding hydrogens is 286 g/mol. The van der Waals surface area contributed by atoms with Crippen molar-refractivity contribution in [2.45, 2.75) is 18.6 Å². The molecule has 0 aromatic heterocycles. The lowest BCUT2D eigenvalue weighted by Crippen LogP contribution is -2.38. The number of nitrogens with zero attached hydrogens (tertiary/aromatic N) is 1. The third kappa shape index (κ3) is 1.50. The van der Waals surface area contributed by atoms with E-state index in [1.807, 2.05) is 12.2 Å². The van der Waals surface area contributed by atoms with Gasteiger partial charge in [0.1, 0.15) is 0 Å². The SMILES string of the molecule is C[C@]12C=C[C@@H](O1)[C@@H]1C(=O)N(c3cccc(C(=O)O)c3)C(=O)[C@@H]12. The highest BCUT2D eigenvalue weighted by Crippen LogP contribution is 2.52. The first kappa shape index (κ1) is 13.2. The number of ether oxygens (including phenoxy) is 1. The van der Waals surface area contributed by atoms with E-state index in [1.54, 1.807) is 13.0 Å². The van der Waals surface area contributed by atoms with Gasteiger partial charge in [0.05, 0.1) is 34.8 Å². The number of carbonyl (C=O) groups excluding carboxylic acids is 2. The van der Waals surface area contributed by atoms with Gasteiger partial charge in [0.25, 0.3) is 0 Å². The standard InChI is InChI=1S/C16H13NO5/c1-16-6-5-10(22-16)11-12(16)14(19)17(13(11)18)9-4-2-3-8(7-9)15(20)21/h2-7,10-12H,1H3,(H,20,21)/t10-,11+,12-,16-/m1/s1. The zero-order chi connectivity index (χ0) is 15.6. The zero-order valence-corrected chi connectivity index (χ0v) is 11.7. The molecule has 3 aliphatic rings. The Morgan fingerprint density at radius 3 is 2.77 bits per heavy atom. The van der Waals surface area contributed by atoms with Crippen LogP contribution in [0.25, 0.3) is 0 Å². The van der Waals surface area contributed by atoms with E-state index in [1.165, 1.54) is 18.2 Å². The number of anilines is 1. The number of benzene rings is 1. The summed E-state index contributed by atoms with van der Waals surface area (Å²) >= 11 is 0. The van der Waals surface area contributed by atoms with E-state index >= 15 is 0 Å². The lowest BCUT2D eigenvalue weighted by atomic mass is 9.78. The normalized spacial score (nSPS) is 35.3. The molecule has 4 rings (SSSR count). The van der Waals surface area contributed by atoms with Crippen LogP contribution in [0.15, 0.2) is 36.4 Å². The number of carboxylic acids is 1. The number of carbonyl (C=O) groups is 3. The fourth-order valence-corrected chi connectivity index (χ4v) is 3.69. The Kier molecular flexibility index (Phi) is 2.43. The monoisotopic (exact) mass is 299 g/mol. The highest BCUT2D eigenvalue weighted by atomic mass is 16.5. The van der Waals surface area contributed by atoms with E-state index in [9.17, 15) is 14.4 Å². The van der Waals surface area contributed by atoms with Gasteiger partial charge in [0.15, 0.2) is 0 Å². The average Bonchev–Trinajstić information content (AvgIpc) is 3.08. The molecule has 4 atom stereocenters. The molecule has 0 saturated carbocycles. The van der Waals surface area contributed by atoms with Crippen molar-refractivity contribution in [2.24, 2.45) is 11.8 Å². The molecule has 3 aliphatic heterocycles. The largest absolute Gasteiger partial charge is 0.478 e. The Hall–Kier alpha value is -2.47. The highest BCUT2D eigenvalue weighted by Gasteiger charge is 2.66. The van der Waals surface area contributed by atoms with Crippen LogP contribution in [0.3, 0.4) is 0 Å². The molecular formula is C16H13NO5. The molecule has 112 valence electrons. The van der Waals surface area contributed by atoms with Crippen LogP contribution in [0, 0.1) is 11.8 Å². The van der Waals surface area contributed by atoms with Gasteiger partial charge in [-0.05, 0) is 25.1 Å². The number of carboxylic acid groups (broad SMARTS) is 1. The van der Waals surface area contributed by atoms with Crippen LogP contribution in [-0.2, 0) is 14.3 Å². The number of imide groups is 1. The smallest absolute Gasteiger partial charge is 0.335 e. The Balaban J connectivity index is 1.77. The molecule has 22 heavy (non-hydrogen) atoms. The predicted molar refractivity (Wildman–Crippen MR) is 75.3 cm³/mol. The van der Waals surface area contributed by atoms with Crippen LogP contribution in [0.5, 0.6) is 0 Å². The van der Waals surface area contributed by atoms with Crippen molar-refractivity contribution in [2.75, 3.05) is 4.90 Å². The van der Waals surface area contributed by atoms with Gasteiger partial charge in [-0.15, -0.1) is 0 Å². The minimum Gasteiger partial charge on any atom is -0.478 e. The highest BCUT2D eigenvalue weighted by molar-refractivity contribution is 6.23. The van der Waals surface area contributed by atoms with E-state index in [4.69, 9.17) is 9.84 Å². The van der Waals surface area contributed by atoms with Crippen molar-refractivity contribution < 1.29 is 24.2 Å². The molecule has 1 N–H and O–H groups in total. The maximum Gasteiger partial charge on any atom is 0.335 e. The van der Waals surface area contributed by atoms with Crippen molar-refractivity contribution in [1.29, 1.82) is 0 Å². The summed E-state index contributed by atoms with van der Waals surface area (Å²) < 4.78 is 5.74. The van der Waals surface area contributed by atoms with Crippen molar-refractivity contribution in [3.05, 3.63) is 42.0 Å². The molecule has 0 aliphatic carbocycles. The van der Waals surface area contributed by atoms with E-state index in [0.29, 0.717) is 5.69 Å². The minimum absolute atomic E-state index is 0.0405. The number of fused-ring (bicyclic) bond motifs is 5. The molecule has 0 radical (unpaired) electrons. The third-order valence-corrected chi connectivity index (χ3v) is 4.68. The van der Waals surface area contributed by atoms with Crippen LogP contribution in [0.4, 0.5) is 5.69 Å². The van der Waals surface area contributed by atoms with E-state index in [-0.39, 0.29) is 23.5 Å². The first-order valence-corrected chi connectivity index (χ1v) is 7.01. The van der Waals surface area contributed by atoms with E-state index in [2.05, 4.69) is 0 Å². The molecule has 1 aromatic carbocycles. The molecule has 2 fully saturated rings. The molecule has 1 aromatic rings. The molecule has 0 unspecified atom stereocenters. The van der Waals surface area contributed by atoms with Crippen LogP contribution >= 0.6 is 0 Å². The number of hydrogen-bond acceptors (Lipinski definition) is 4. The fraction of sp³-hybridized carbons (Fsp3) is 0.312. The second-order valence-corrected chi connectivity index (χ2v) is 6.00. The van der Waals surface area contributed by atoms with Gasteiger partial charge in [0.2, 0.25) is 11.8 Å². The van der Waals surface area contributed by atoms with Crippen LogP contribution in [0.1, 0.15) is 17.3 Å². The summed E-state index contributed by atoms with van der Waals surface area (Å²) in [6, 6.07) is 5.87. The molecule has 3 heterocycles. The first-order valence-electron chi connectivity index (χ1n) is 7.01. The maximum absolute atomic E-state index is 12.7. The van der Waals surface area contributed by atoms with E-state index < -0.39 is 23.4 Å². The molecule has 6 heteroatoms. The lowest BCUT2D eigenvalue weighted by molar-refractivity contribution is -0.126. The van der Waals surface area contributed by atoms with Gasteiger partial charge >= 0.3 is 5.97 Å². The summed E-state index contributed by atoms with van der Waals surface area (Å²) in [6.45, 7) is 1.80. The van der Waals surface area contributed by atoms with Gasteiger partial charge < -0.3 is 9.84 Å². The Morgan fingerprint density at radius 1 is 1.32 bits per heavy atom. The molecule has 0 spiro atoms. The van der Waals surface area contributed by atoms with Gasteiger partial charge in [-0.3, -0.25) is 9.59 Å². The maximum atomic E-state index is 12.7. The summed E-state index contributed by atoms with van der Waals surface area (Å²) in [7, 11) is 0. The van der Waals surface area contributed by atoms with Gasteiger partial charge in [-0.2, -0.15) is 0 Å². The second-order valence-electron chi connectivity index (χ2n) is 6.00. The van der Waals surface area contributed by atoms with Crippen LogP contribution in [-0.4, -0.2) is 34.6 Å². The number of amides is 2. The van der Waals surface area contributed by atoms with Crippen molar-refractivity contribution in [3.8, 4) is 0 Å². The van der Waals surface area contributed by atoms with Gasteiger partial charge in [0, 0.05) is 0 Å². The van der Waals surface area contributed by atoms with Crippen molar-refractivity contribution in [3.63, 3.8) is 0 Å². The second kappa shape index (κ2) is 4.04. The number of hydrogen-bond donors (Lipinski definition) is 1. The Morgan fingerprint density at radius 2 is 2.09 bits per heavy atom. The van der Waals surface area contributed by atoms with Gasteiger partial charge in [-0.1, -0.05) is 18.2 Å². The third-order valence-electron chi connectivity index (χ3n) is 4.68. The van der Waals surface area contributed by atoms with Gasteiger partial charge in [-0.25, -0.2) is 9.69 Å². The van der Waals surface area contributed by atoms with Crippen molar-refractivity contribution in [1.82, 2.24) is 0 Å². The number of aromatic carboxylic acids is 1. The molecule has 2 saturated heterocycles. The Bertz CT molecular complexity index is 755. The molecule has 2 amide bonds. The Labute approximate surface area is 126 Å². The fourth-order valence-electron chi connectivity index (χ4n) is 3.69. The summed E-state index contributed by atoms with van der Waals surface area (Å²) in [5.41, 5.74) is -0.410. The zero-order valence-electron chi connectivity index (χ0n) is 11.7. The van der Waals surface area contributed by atoms with E-state index in [0.717, 1.165) is 4.90 Å². The van der Waals surface area contributed by atoms with Crippen LogP contribution < -0.4 is 4.90 Å². The average molecular weight is 299 g/mol. The predicted octanol–water partition coefficient (Wildman–Crippen LogP) is 1.22. The minimum atomic E-state index is -1.10. The summed E-state index contributed by atoms with van der Waals surface area (Å²) in [4.78, 5) is 37.5. The first-order chi connectivity index (χ1) is 10.4. The van der Waals surface area contributed by atoms with Crippen molar-refractivity contribution >= 4 is 23.5 Å². The molecule has 6 nitrogen and oxygen atoms in total. The van der Waals surface area contributed by atoms with Crippen LogP contribution in [0.2, 0.25) is 0 Å². The lowest BCUT2D eigenvalue weighted by Gasteiger charge is -2.24. The number of rotatable bonds is 2. The summed E-state index contributed by atoms with van der Waals surface area (Å²) in [5.74, 6) is -2.81. The quantitative estimate of drug-likeness (QED) is 0.655. The summed E-state index contributed by atoms with van der Waals surface area (Å²) in [6.07, 6.45) is 3.28.